The molecule has 1 aliphatic heterocycles. The van der Waals surface area contributed by atoms with Crippen molar-refractivity contribution in [1.29, 1.82) is 0 Å². The molecule has 14 heteroatoms. The fourth-order valence-corrected chi connectivity index (χ4v) is 6.00. The fraction of sp³-hybridized carbons (Fsp3) is 0.150. The van der Waals surface area contributed by atoms with Crippen LogP contribution in [0.4, 0.5) is 18.9 Å². The number of carbonyl (C=O) groups excluding carboxylic acids is 2. The summed E-state index contributed by atoms with van der Waals surface area (Å²) in [5.41, 5.74) is 4.76. The fourth-order valence-electron chi connectivity index (χ4n) is 5.36. The molecule has 3 aromatic heterocycles. The molecule has 0 saturated carbocycles. The first-order chi connectivity index (χ1) is 25.5. The van der Waals surface area contributed by atoms with Crippen LogP contribution in [-0.4, -0.2) is 66.3 Å². The summed E-state index contributed by atoms with van der Waals surface area (Å²) >= 11 is 1.05. The number of benzene rings is 3. The van der Waals surface area contributed by atoms with Gasteiger partial charge in [0.1, 0.15) is 24.2 Å². The molecule has 4 heterocycles. The van der Waals surface area contributed by atoms with Crippen LogP contribution in [0.15, 0.2) is 121 Å². The number of ketones is 1. The van der Waals surface area contributed by atoms with E-state index in [4.69, 9.17) is 14.6 Å². The maximum Gasteiger partial charge on any atom is 0.454 e. The zero-order valence-electron chi connectivity index (χ0n) is 28.9. The molecule has 0 saturated heterocycles. The number of carbonyl (C=O) groups is 2. The molecule has 9 nitrogen and oxygen atoms in total. The molecule has 0 aliphatic carbocycles. The van der Waals surface area contributed by atoms with E-state index in [0.29, 0.717) is 29.3 Å². The number of aromatic nitrogens is 2. The van der Waals surface area contributed by atoms with Crippen molar-refractivity contribution in [3.8, 4) is 0 Å². The molecule has 2 N–H and O–H groups in total. The summed E-state index contributed by atoms with van der Waals surface area (Å²) in [5.74, 6) is -1.67. The number of alkyl halides is 3. The maximum atomic E-state index is 13.1. The predicted molar refractivity (Wildman–Crippen MR) is 200 cm³/mol. The molecule has 1 atom stereocenters. The molecule has 7 rings (SSSR count). The van der Waals surface area contributed by atoms with Crippen molar-refractivity contribution in [2.75, 3.05) is 32.1 Å². The van der Waals surface area contributed by atoms with Gasteiger partial charge in [-0.1, -0.05) is 60.7 Å². The Morgan fingerprint density at radius 1 is 0.889 bits per heavy atom. The number of hydrogen-bond donors (Lipinski definition) is 2. The Hall–Kier alpha value is -4.87. The number of amides is 1. The molecule has 0 radical (unpaired) electrons. The van der Waals surface area contributed by atoms with Crippen molar-refractivity contribution in [3.05, 3.63) is 142 Å². The number of aliphatic hydroxyl groups excluding tert-OH is 1. The van der Waals surface area contributed by atoms with Gasteiger partial charge in [0, 0.05) is 94.3 Å². The number of hydrogen-bond acceptors (Lipinski definition) is 9. The van der Waals surface area contributed by atoms with Crippen LogP contribution in [0.5, 0.6) is 0 Å². The van der Waals surface area contributed by atoms with E-state index in [2.05, 4.69) is 32.3 Å². The van der Waals surface area contributed by atoms with Crippen LogP contribution >= 0.6 is 11.3 Å². The monoisotopic (exact) mass is 890 g/mol. The minimum atomic E-state index is -4.94. The van der Waals surface area contributed by atoms with Gasteiger partial charge in [-0.05, 0) is 47.8 Å². The van der Waals surface area contributed by atoms with Crippen LogP contribution in [0.3, 0.4) is 0 Å². The van der Waals surface area contributed by atoms with Crippen LogP contribution < -0.4 is 10.2 Å². The number of allylic oxidation sites excluding steroid dienone is 1. The SMILES string of the molecule is CN(C)c1ccc(C2=C(c3ccccc3)OC(CNC(=O)c3ccc4ccc5cccnc5c4n3)CO2)cc1.O=C(/C=C(\O)c1cccs1)C(F)(F)F.[Sm]. The Kier molecular flexibility index (Phi) is 13.4. The van der Waals surface area contributed by atoms with E-state index in [-0.39, 0.29) is 69.9 Å². The summed E-state index contributed by atoms with van der Waals surface area (Å²) in [4.78, 5) is 34.9. The number of aliphatic hydroxyl groups is 1. The number of ether oxygens (including phenoxy) is 2. The van der Waals surface area contributed by atoms with Crippen molar-refractivity contribution in [3.63, 3.8) is 0 Å². The zero-order chi connectivity index (χ0) is 37.5. The first kappa shape index (κ1) is 40.3. The van der Waals surface area contributed by atoms with Gasteiger partial charge in [0.05, 0.1) is 22.5 Å². The number of anilines is 1. The molecule has 3 aromatic carbocycles. The van der Waals surface area contributed by atoms with E-state index in [9.17, 15) is 22.8 Å². The van der Waals surface area contributed by atoms with Gasteiger partial charge in [0.15, 0.2) is 11.5 Å². The standard InChI is InChI=1S/C32H28N4O3.C8H5F3O2S.Sm/c1-36(2)25-15-12-24(13-16-25)30-31(23-7-4-3-5-8-23)39-26(20-38-30)19-34-32(37)27-17-14-22-11-10-21-9-6-18-33-28(21)29(22)35-27;9-8(10,11)7(13)4-5(12)6-2-1-3-14-6;/h3-18,26H,19-20H2,1-2H3,(H,34,37);1-4,12H;/b;5-4-;. The number of pyridine rings is 2. The van der Waals surface area contributed by atoms with Crippen molar-refractivity contribution in [2.24, 2.45) is 0 Å². The Morgan fingerprint density at radius 2 is 1.57 bits per heavy atom. The summed E-state index contributed by atoms with van der Waals surface area (Å²) < 4.78 is 47.9. The first-order valence-corrected chi connectivity index (χ1v) is 17.2. The number of nitrogens with one attached hydrogen (secondary N) is 1. The van der Waals surface area contributed by atoms with Gasteiger partial charge in [0.25, 0.3) is 11.7 Å². The van der Waals surface area contributed by atoms with Gasteiger partial charge >= 0.3 is 6.18 Å². The van der Waals surface area contributed by atoms with E-state index in [1.54, 1.807) is 23.7 Å². The molecule has 1 amide bonds. The minimum absolute atomic E-state index is 0. The second-order valence-electron chi connectivity index (χ2n) is 12.0. The third-order valence-corrected chi connectivity index (χ3v) is 8.95. The van der Waals surface area contributed by atoms with Gasteiger partial charge in [0.2, 0.25) is 0 Å². The molecule has 0 spiro atoms. The van der Waals surface area contributed by atoms with E-state index in [1.165, 1.54) is 6.07 Å². The molecule has 0 bridgehead atoms. The second kappa shape index (κ2) is 18.0. The maximum absolute atomic E-state index is 13.1. The Labute approximate surface area is 345 Å². The van der Waals surface area contributed by atoms with Gasteiger partial charge in [-0.25, -0.2) is 4.98 Å². The largest absolute Gasteiger partial charge is 0.506 e. The van der Waals surface area contributed by atoms with Crippen LogP contribution in [0.1, 0.15) is 26.5 Å². The average Bonchev–Trinajstić information content (AvgIpc) is 3.73. The zero-order valence-corrected chi connectivity index (χ0v) is 32.3. The van der Waals surface area contributed by atoms with Crippen molar-refractivity contribution in [1.82, 2.24) is 15.3 Å². The molecular weight excluding hydrogens is 856 g/mol. The summed E-state index contributed by atoms with van der Waals surface area (Å²) in [6.45, 7) is 0.580. The number of nitrogens with zero attached hydrogens (tertiary/aromatic N) is 3. The summed E-state index contributed by atoms with van der Waals surface area (Å²) in [5, 5.41) is 15.6. The third-order valence-electron chi connectivity index (χ3n) is 8.06. The molecule has 0 fully saturated rings. The Morgan fingerprint density at radius 3 is 2.24 bits per heavy atom. The summed E-state index contributed by atoms with van der Waals surface area (Å²) in [7, 11) is 4.02. The average molecular weight is 889 g/mol. The van der Waals surface area contributed by atoms with Crippen molar-refractivity contribution in [2.45, 2.75) is 12.3 Å². The van der Waals surface area contributed by atoms with E-state index in [0.717, 1.165) is 44.4 Å². The number of fused-ring (bicyclic) bond motifs is 3. The topological polar surface area (TPSA) is 114 Å². The van der Waals surface area contributed by atoms with Crippen LogP contribution in [-0.2, 0) is 14.3 Å². The molecule has 1 aliphatic rings. The Balaban J connectivity index is 0.000000317. The van der Waals surface area contributed by atoms with Gasteiger partial charge in [-0.2, -0.15) is 13.2 Å². The van der Waals surface area contributed by atoms with Crippen molar-refractivity contribution >= 4 is 67.8 Å². The van der Waals surface area contributed by atoms with Crippen molar-refractivity contribution < 1.29 is 77.7 Å². The van der Waals surface area contributed by atoms with Crippen LogP contribution in [0, 0.1) is 40.4 Å². The summed E-state index contributed by atoms with van der Waals surface area (Å²) in [6.07, 6.45) is -3.40. The smallest absolute Gasteiger partial charge is 0.454 e. The first-order valence-electron chi connectivity index (χ1n) is 16.3. The molecule has 6 aromatic rings. The molecular formula is C40H33F3N4O5SSm. The van der Waals surface area contributed by atoms with Crippen LogP contribution in [0.25, 0.3) is 39.1 Å². The van der Waals surface area contributed by atoms with E-state index >= 15 is 0 Å². The second-order valence-corrected chi connectivity index (χ2v) is 13.0. The van der Waals surface area contributed by atoms with Gasteiger partial charge < -0.3 is 24.8 Å². The van der Waals surface area contributed by atoms with Gasteiger partial charge in [-0.15, -0.1) is 11.3 Å². The Bertz CT molecular complexity index is 2300. The predicted octanol–water partition coefficient (Wildman–Crippen LogP) is 8.30. The minimum Gasteiger partial charge on any atom is -0.506 e. The number of halogens is 3. The van der Waals surface area contributed by atoms with E-state index in [1.807, 2.05) is 86.9 Å². The molecule has 276 valence electrons. The molecule has 1 unspecified atom stereocenters. The molecule has 54 heavy (non-hydrogen) atoms. The normalized spacial score (nSPS) is 14.2. The summed E-state index contributed by atoms with van der Waals surface area (Å²) in [6, 6.07) is 32.5. The number of rotatable bonds is 8. The van der Waals surface area contributed by atoms with Gasteiger partial charge in [-0.3, -0.25) is 14.6 Å². The van der Waals surface area contributed by atoms with Crippen LogP contribution in [0.2, 0.25) is 0 Å². The quantitative estimate of drug-likeness (QED) is 0.0893. The number of thiophene rings is 1. The van der Waals surface area contributed by atoms with E-state index < -0.39 is 17.7 Å². The third kappa shape index (κ3) is 9.81.